The lowest BCUT2D eigenvalue weighted by Gasteiger charge is -2.37. The fraction of sp³-hybridized carbons (Fsp3) is 0.407. The van der Waals surface area contributed by atoms with Crippen LogP contribution in [0.25, 0.3) is 10.9 Å². The van der Waals surface area contributed by atoms with Crippen LogP contribution in [-0.2, 0) is 11.0 Å². The first-order chi connectivity index (χ1) is 16.8. The number of carbonyl (C=O) groups is 2. The van der Waals surface area contributed by atoms with Crippen molar-refractivity contribution < 1.29 is 22.8 Å². The molecule has 0 aliphatic carbocycles. The molecule has 0 bridgehead atoms. The number of carbonyl (C=O) groups excluding carboxylic acids is 2. The summed E-state index contributed by atoms with van der Waals surface area (Å²) in [6, 6.07) is 12.6. The Hall–Kier alpha value is -3.29. The highest BCUT2D eigenvalue weighted by molar-refractivity contribution is 5.94. The van der Waals surface area contributed by atoms with Crippen molar-refractivity contribution in [2.24, 2.45) is 5.92 Å². The molecule has 2 aliphatic heterocycles. The molecule has 0 radical (unpaired) electrons. The van der Waals surface area contributed by atoms with Gasteiger partial charge in [-0.05, 0) is 67.5 Å². The Balaban J connectivity index is 1.13. The van der Waals surface area contributed by atoms with Gasteiger partial charge in [-0.3, -0.25) is 9.59 Å². The maximum Gasteiger partial charge on any atom is 0.416 e. The first-order valence-electron chi connectivity index (χ1n) is 12.1. The second-order valence-corrected chi connectivity index (χ2v) is 9.53. The van der Waals surface area contributed by atoms with Crippen molar-refractivity contribution in [3.05, 3.63) is 71.4 Å². The molecule has 184 valence electrons. The maximum absolute atomic E-state index is 13.1. The molecule has 2 fully saturated rings. The van der Waals surface area contributed by atoms with E-state index in [0.29, 0.717) is 31.8 Å². The van der Waals surface area contributed by atoms with Crippen LogP contribution < -0.4 is 0 Å². The van der Waals surface area contributed by atoms with Crippen LogP contribution in [0, 0.1) is 5.92 Å². The minimum Gasteiger partial charge on any atom is -0.361 e. The molecule has 2 aromatic carbocycles. The van der Waals surface area contributed by atoms with E-state index in [1.807, 2.05) is 17.0 Å². The first kappa shape index (κ1) is 23.5. The van der Waals surface area contributed by atoms with Gasteiger partial charge in [-0.25, -0.2) is 0 Å². The minimum absolute atomic E-state index is 0.115. The van der Waals surface area contributed by atoms with Gasteiger partial charge in [0.15, 0.2) is 0 Å². The lowest BCUT2D eigenvalue weighted by atomic mass is 9.88. The second-order valence-electron chi connectivity index (χ2n) is 9.53. The molecule has 35 heavy (non-hydrogen) atoms. The number of nitrogens with zero attached hydrogens (tertiary/aromatic N) is 2. The Labute approximate surface area is 201 Å². The molecule has 3 heterocycles. The molecule has 2 aliphatic rings. The van der Waals surface area contributed by atoms with Crippen molar-refractivity contribution in [2.75, 3.05) is 26.2 Å². The van der Waals surface area contributed by atoms with Crippen molar-refractivity contribution in [3.63, 3.8) is 0 Å². The molecular weight excluding hydrogens is 455 g/mol. The van der Waals surface area contributed by atoms with Gasteiger partial charge in [0.05, 0.1) is 5.56 Å². The van der Waals surface area contributed by atoms with Gasteiger partial charge in [0.2, 0.25) is 5.91 Å². The predicted molar refractivity (Wildman–Crippen MR) is 127 cm³/mol. The maximum atomic E-state index is 13.1. The Kier molecular flexibility index (Phi) is 6.30. The number of amides is 2. The third-order valence-electron chi connectivity index (χ3n) is 7.46. The van der Waals surface area contributed by atoms with Crippen LogP contribution in [0.1, 0.15) is 53.1 Å². The van der Waals surface area contributed by atoms with Gasteiger partial charge in [-0.2, -0.15) is 13.2 Å². The van der Waals surface area contributed by atoms with Gasteiger partial charge < -0.3 is 14.8 Å². The van der Waals surface area contributed by atoms with E-state index >= 15 is 0 Å². The summed E-state index contributed by atoms with van der Waals surface area (Å²) in [5.74, 6) is 0.183. The monoisotopic (exact) mass is 483 g/mol. The summed E-state index contributed by atoms with van der Waals surface area (Å²) in [5, 5.41) is 1.25. The van der Waals surface area contributed by atoms with Crippen LogP contribution >= 0.6 is 0 Å². The molecule has 3 aromatic rings. The molecule has 1 aromatic heterocycles. The van der Waals surface area contributed by atoms with Crippen LogP contribution in [0.2, 0.25) is 0 Å². The van der Waals surface area contributed by atoms with E-state index in [1.54, 1.807) is 4.90 Å². The van der Waals surface area contributed by atoms with E-state index < -0.39 is 11.7 Å². The van der Waals surface area contributed by atoms with Crippen molar-refractivity contribution in [1.29, 1.82) is 0 Å². The zero-order chi connectivity index (χ0) is 24.6. The molecule has 2 amide bonds. The minimum atomic E-state index is -4.43. The number of hydrogen-bond acceptors (Lipinski definition) is 2. The van der Waals surface area contributed by atoms with E-state index in [1.165, 1.54) is 23.1 Å². The van der Waals surface area contributed by atoms with E-state index in [2.05, 4.69) is 23.3 Å². The summed E-state index contributed by atoms with van der Waals surface area (Å²) in [4.78, 5) is 32.8. The summed E-state index contributed by atoms with van der Waals surface area (Å²) in [6.07, 6.45) is 0.680. The standard InChI is InChI=1S/C27H28F3N3O2/c28-27(29,30)21-7-5-19(6-8-21)25(34)33-15-11-20(12-16-33)26(35)32-13-9-18(10-14-32)23-17-31-24-4-2-1-3-22(23)24/h1-8,17-18,20,31H,9-16H2. The molecule has 8 heteroatoms. The Morgan fingerprint density at radius 3 is 2.11 bits per heavy atom. The Bertz CT molecular complexity index is 1200. The van der Waals surface area contributed by atoms with Gasteiger partial charge in [-0.15, -0.1) is 0 Å². The smallest absolute Gasteiger partial charge is 0.361 e. The number of para-hydroxylation sites is 1. The highest BCUT2D eigenvalue weighted by Gasteiger charge is 2.34. The van der Waals surface area contributed by atoms with E-state index in [-0.39, 0.29) is 23.3 Å². The average molecular weight is 484 g/mol. The normalized spacial score (nSPS) is 18.3. The van der Waals surface area contributed by atoms with E-state index in [4.69, 9.17) is 0 Å². The summed E-state index contributed by atoms with van der Waals surface area (Å²) < 4.78 is 38.3. The lowest BCUT2D eigenvalue weighted by Crippen LogP contribution is -2.46. The number of H-pyrrole nitrogens is 1. The molecular formula is C27H28F3N3O2. The molecule has 1 N–H and O–H groups in total. The number of aromatic nitrogens is 1. The molecule has 0 spiro atoms. The molecule has 5 nitrogen and oxygen atoms in total. The highest BCUT2D eigenvalue weighted by atomic mass is 19.4. The first-order valence-corrected chi connectivity index (χ1v) is 12.1. The second kappa shape index (κ2) is 9.40. The summed E-state index contributed by atoms with van der Waals surface area (Å²) in [6.45, 7) is 2.32. The summed E-state index contributed by atoms with van der Waals surface area (Å²) in [5.41, 5.74) is 1.93. The van der Waals surface area contributed by atoms with Gasteiger partial charge in [-0.1, -0.05) is 18.2 Å². The largest absolute Gasteiger partial charge is 0.416 e. The zero-order valence-electron chi connectivity index (χ0n) is 19.4. The van der Waals surface area contributed by atoms with Crippen molar-refractivity contribution >= 4 is 22.7 Å². The number of piperidine rings is 2. The van der Waals surface area contributed by atoms with Crippen molar-refractivity contribution in [3.8, 4) is 0 Å². The zero-order valence-corrected chi connectivity index (χ0v) is 19.4. The van der Waals surface area contributed by atoms with Crippen LogP contribution in [0.3, 0.4) is 0 Å². The molecule has 0 atom stereocenters. The number of aromatic amines is 1. The third-order valence-corrected chi connectivity index (χ3v) is 7.46. The third kappa shape index (κ3) is 4.79. The fourth-order valence-electron chi connectivity index (χ4n) is 5.41. The number of rotatable bonds is 3. The molecule has 0 unspecified atom stereocenters. The molecule has 0 saturated carbocycles. The number of alkyl halides is 3. The van der Waals surface area contributed by atoms with Crippen molar-refractivity contribution in [1.82, 2.24) is 14.8 Å². The number of likely N-dealkylation sites (tertiary alicyclic amines) is 2. The number of nitrogens with one attached hydrogen (secondary N) is 1. The topological polar surface area (TPSA) is 56.4 Å². The van der Waals surface area contributed by atoms with Crippen LogP contribution in [0.15, 0.2) is 54.7 Å². The number of benzene rings is 2. The van der Waals surface area contributed by atoms with Crippen LogP contribution in [-0.4, -0.2) is 52.8 Å². The summed E-state index contributed by atoms with van der Waals surface area (Å²) >= 11 is 0. The SMILES string of the molecule is O=C(c1ccc(C(F)(F)F)cc1)N1CCC(C(=O)N2CCC(c3c[nH]c4ccccc34)CC2)CC1. The number of fused-ring (bicyclic) bond motifs is 1. The summed E-state index contributed by atoms with van der Waals surface area (Å²) in [7, 11) is 0. The fourth-order valence-corrected chi connectivity index (χ4v) is 5.41. The van der Waals surface area contributed by atoms with Gasteiger partial charge in [0, 0.05) is 54.8 Å². The Morgan fingerprint density at radius 2 is 1.46 bits per heavy atom. The van der Waals surface area contributed by atoms with E-state index in [0.717, 1.165) is 43.6 Å². The number of halogens is 3. The highest BCUT2D eigenvalue weighted by Crippen LogP contribution is 2.34. The van der Waals surface area contributed by atoms with Crippen molar-refractivity contribution in [2.45, 2.75) is 37.8 Å². The van der Waals surface area contributed by atoms with Crippen LogP contribution in [0.5, 0.6) is 0 Å². The molecule has 5 rings (SSSR count). The van der Waals surface area contributed by atoms with Crippen LogP contribution in [0.4, 0.5) is 13.2 Å². The van der Waals surface area contributed by atoms with Gasteiger partial charge in [0.1, 0.15) is 0 Å². The quantitative estimate of drug-likeness (QED) is 0.539. The molecule has 2 saturated heterocycles. The Morgan fingerprint density at radius 1 is 0.829 bits per heavy atom. The number of hydrogen-bond donors (Lipinski definition) is 1. The predicted octanol–water partition coefficient (Wildman–Crippen LogP) is 5.45. The lowest BCUT2D eigenvalue weighted by molar-refractivity contribution is -0.138. The average Bonchev–Trinajstić information content (AvgIpc) is 3.32. The van der Waals surface area contributed by atoms with Gasteiger partial charge in [0.25, 0.3) is 5.91 Å². The van der Waals surface area contributed by atoms with E-state index in [9.17, 15) is 22.8 Å². The van der Waals surface area contributed by atoms with Gasteiger partial charge >= 0.3 is 6.18 Å².